The number of rotatable bonds is 8. The number of nitrogens with zero attached hydrogens (tertiary/aromatic N) is 2. The predicted molar refractivity (Wildman–Crippen MR) is 94.5 cm³/mol. The van der Waals surface area contributed by atoms with Crippen LogP contribution >= 0.6 is 0 Å². The fourth-order valence-electron chi connectivity index (χ4n) is 2.26. The van der Waals surface area contributed by atoms with Crippen molar-refractivity contribution in [1.29, 1.82) is 0 Å². The van der Waals surface area contributed by atoms with E-state index in [9.17, 15) is 4.39 Å². The molecule has 0 aliphatic heterocycles. The van der Waals surface area contributed by atoms with E-state index in [0.717, 1.165) is 36.6 Å². The van der Waals surface area contributed by atoms with E-state index in [1.165, 1.54) is 25.0 Å². The number of aliphatic imine (C=N–C) groups is 1. The highest BCUT2D eigenvalue weighted by Gasteiger charge is 2.07. The fourth-order valence-corrected chi connectivity index (χ4v) is 2.26. The molecule has 2 aromatic rings. The molecule has 2 rings (SSSR count). The molecule has 1 aromatic carbocycles. The Morgan fingerprint density at radius 2 is 1.92 bits per heavy atom. The van der Waals surface area contributed by atoms with E-state index in [1.54, 1.807) is 25.4 Å². The largest absolute Gasteiger partial charge is 0.444 e. The summed E-state index contributed by atoms with van der Waals surface area (Å²) in [5, 5.41) is 6.55. The van der Waals surface area contributed by atoms with E-state index in [2.05, 4.69) is 27.5 Å². The third-order valence-corrected chi connectivity index (χ3v) is 3.61. The first-order valence-corrected chi connectivity index (χ1v) is 8.37. The van der Waals surface area contributed by atoms with Gasteiger partial charge in [0.1, 0.15) is 12.1 Å². The molecular weight excluding hydrogens is 307 g/mol. The normalized spacial score (nSPS) is 11.5. The third-order valence-electron chi connectivity index (χ3n) is 3.61. The van der Waals surface area contributed by atoms with Crippen molar-refractivity contribution in [2.75, 3.05) is 20.1 Å². The average molecular weight is 332 g/mol. The second-order valence-corrected chi connectivity index (χ2v) is 5.53. The molecule has 0 spiro atoms. The molecule has 0 fully saturated rings. The lowest BCUT2D eigenvalue weighted by Gasteiger charge is -2.10. The Morgan fingerprint density at radius 3 is 2.62 bits per heavy atom. The van der Waals surface area contributed by atoms with Crippen LogP contribution in [0.1, 0.15) is 31.9 Å². The van der Waals surface area contributed by atoms with Gasteiger partial charge in [0.2, 0.25) is 5.89 Å². The lowest BCUT2D eigenvalue weighted by molar-refractivity contribution is 0.571. The van der Waals surface area contributed by atoms with Crippen LogP contribution in [0.2, 0.25) is 0 Å². The molecule has 1 aromatic heterocycles. The average Bonchev–Trinajstić information content (AvgIpc) is 3.06. The van der Waals surface area contributed by atoms with Gasteiger partial charge in [-0.2, -0.15) is 0 Å². The number of unbranched alkanes of at least 4 members (excludes halogenated alkanes) is 2. The topological polar surface area (TPSA) is 62.5 Å². The smallest absolute Gasteiger partial charge is 0.226 e. The number of benzene rings is 1. The van der Waals surface area contributed by atoms with Gasteiger partial charge >= 0.3 is 0 Å². The molecule has 0 radical (unpaired) electrons. The van der Waals surface area contributed by atoms with Crippen LogP contribution in [0.25, 0.3) is 11.5 Å². The van der Waals surface area contributed by atoms with Gasteiger partial charge in [-0.3, -0.25) is 4.99 Å². The number of halogens is 1. The number of guanidine groups is 1. The van der Waals surface area contributed by atoms with E-state index >= 15 is 0 Å². The van der Waals surface area contributed by atoms with Crippen LogP contribution in [0.4, 0.5) is 4.39 Å². The van der Waals surface area contributed by atoms with Crippen LogP contribution in [0.5, 0.6) is 0 Å². The van der Waals surface area contributed by atoms with Gasteiger partial charge in [-0.15, -0.1) is 0 Å². The Hall–Kier alpha value is -2.37. The zero-order valence-corrected chi connectivity index (χ0v) is 14.3. The first-order chi connectivity index (χ1) is 11.7. The van der Waals surface area contributed by atoms with E-state index in [1.807, 2.05) is 0 Å². The molecular formula is C18H25FN4O. The second kappa shape index (κ2) is 9.70. The first-order valence-electron chi connectivity index (χ1n) is 8.37. The van der Waals surface area contributed by atoms with Crippen LogP contribution in [0.15, 0.2) is 39.9 Å². The van der Waals surface area contributed by atoms with E-state index < -0.39 is 0 Å². The first kappa shape index (κ1) is 18.0. The van der Waals surface area contributed by atoms with Gasteiger partial charge in [-0.1, -0.05) is 19.8 Å². The Morgan fingerprint density at radius 1 is 1.17 bits per heavy atom. The highest BCUT2D eigenvalue weighted by atomic mass is 19.1. The molecule has 0 amide bonds. The van der Waals surface area contributed by atoms with Gasteiger partial charge in [-0.05, 0) is 30.7 Å². The van der Waals surface area contributed by atoms with Crippen molar-refractivity contribution in [1.82, 2.24) is 15.6 Å². The van der Waals surface area contributed by atoms with Gasteiger partial charge in [0.05, 0.1) is 5.69 Å². The van der Waals surface area contributed by atoms with Crippen molar-refractivity contribution in [2.24, 2.45) is 4.99 Å². The summed E-state index contributed by atoms with van der Waals surface area (Å²) >= 11 is 0. The number of hydrogen-bond donors (Lipinski definition) is 2. The van der Waals surface area contributed by atoms with Crippen LogP contribution in [-0.2, 0) is 6.42 Å². The predicted octanol–water partition coefficient (Wildman–Crippen LogP) is 3.38. The van der Waals surface area contributed by atoms with Crippen LogP contribution in [0.3, 0.4) is 0 Å². The van der Waals surface area contributed by atoms with E-state index in [4.69, 9.17) is 4.42 Å². The molecule has 2 N–H and O–H groups in total. The Balaban J connectivity index is 1.77. The van der Waals surface area contributed by atoms with Gasteiger partial charge < -0.3 is 15.1 Å². The van der Waals surface area contributed by atoms with Crippen LogP contribution in [-0.4, -0.2) is 31.1 Å². The summed E-state index contributed by atoms with van der Waals surface area (Å²) < 4.78 is 18.4. The molecule has 6 heteroatoms. The molecule has 0 aliphatic rings. The Bertz CT molecular complexity index is 637. The monoisotopic (exact) mass is 332 g/mol. The van der Waals surface area contributed by atoms with Crippen molar-refractivity contribution in [2.45, 2.75) is 32.6 Å². The minimum atomic E-state index is -0.271. The SMILES string of the molecule is CCCCCNC(=NC)NCCc1coc(-c2ccc(F)cc2)n1. The highest BCUT2D eigenvalue weighted by Crippen LogP contribution is 2.18. The van der Waals surface area contributed by atoms with E-state index in [-0.39, 0.29) is 5.82 Å². The lowest BCUT2D eigenvalue weighted by Crippen LogP contribution is -2.38. The summed E-state index contributed by atoms with van der Waals surface area (Å²) in [6.45, 7) is 3.82. The fraction of sp³-hybridized carbons (Fsp3) is 0.444. The molecule has 24 heavy (non-hydrogen) atoms. The maximum atomic E-state index is 12.9. The minimum Gasteiger partial charge on any atom is -0.444 e. The third kappa shape index (κ3) is 5.68. The van der Waals surface area contributed by atoms with Crippen LogP contribution < -0.4 is 10.6 Å². The van der Waals surface area contributed by atoms with Gasteiger partial charge in [-0.25, -0.2) is 9.37 Å². The standard InChI is InChI=1S/C18H25FN4O/c1-3-4-5-11-21-18(20-2)22-12-10-16-13-24-17(23-16)14-6-8-15(19)9-7-14/h6-9,13H,3-5,10-12H2,1-2H3,(H2,20,21,22). The van der Waals surface area contributed by atoms with Crippen molar-refractivity contribution >= 4 is 5.96 Å². The quantitative estimate of drug-likeness (QED) is 0.442. The number of oxazole rings is 1. The molecule has 1 heterocycles. The zero-order valence-electron chi connectivity index (χ0n) is 14.3. The molecule has 5 nitrogen and oxygen atoms in total. The summed E-state index contributed by atoms with van der Waals surface area (Å²) in [5.74, 6) is 1.04. The van der Waals surface area contributed by atoms with Gasteiger partial charge in [0.25, 0.3) is 0 Å². The Labute approximate surface area is 142 Å². The van der Waals surface area contributed by atoms with Crippen LogP contribution in [0, 0.1) is 5.82 Å². The second-order valence-electron chi connectivity index (χ2n) is 5.53. The van der Waals surface area contributed by atoms with Crippen molar-refractivity contribution < 1.29 is 8.81 Å². The summed E-state index contributed by atoms with van der Waals surface area (Å²) in [4.78, 5) is 8.62. The maximum Gasteiger partial charge on any atom is 0.226 e. The van der Waals surface area contributed by atoms with Gasteiger partial charge in [0, 0.05) is 32.1 Å². The molecule has 130 valence electrons. The van der Waals surface area contributed by atoms with E-state index in [0.29, 0.717) is 12.4 Å². The van der Waals surface area contributed by atoms with Crippen molar-refractivity contribution in [3.63, 3.8) is 0 Å². The molecule has 0 saturated heterocycles. The van der Waals surface area contributed by atoms with Gasteiger partial charge in [0.15, 0.2) is 5.96 Å². The maximum absolute atomic E-state index is 12.9. The molecule has 0 bridgehead atoms. The molecule has 0 unspecified atom stereocenters. The zero-order chi connectivity index (χ0) is 17.2. The van der Waals surface area contributed by atoms with Crippen molar-refractivity contribution in [3.05, 3.63) is 42.0 Å². The summed E-state index contributed by atoms with van der Waals surface area (Å²) in [5.41, 5.74) is 1.62. The highest BCUT2D eigenvalue weighted by molar-refractivity contribution is 5.79. The number of hydrogen-bond acceptors (Lipinski definition) is 3. The molecule has 0 atom stereocenters. The van der Waals surface area contributed by atoms with Crippen molar-refractivity contribution in [3.8, 4) is 11.5 Å². The number of aromatic nitrogens is 1. The summed E-state index contributed by atoms with van der Waals surface area (Å²) in [6.07, 6.45) is 5.92. The summed E-state index contributed by atoms with van der Waals surface area (Å²) in [7, 11) is 1.76. The Kier molecular flexibility index (Phi) is 7.26. The number of nitrogens with one attached hydrogen (secondary N) is 2. The lowest BCUT2D eigenvalue weighted by atomic mass is 10.2. The summed E-state index contributed by atoms with van der Waals surface area (Å²) in [6, 6.07) is 6.11. The minimum absolute atomic E-state index is 0.271. The molecule has 0 aliphatic carbocycles. The molecule has 0 saturated carbocycles.